The van der Waals surface area contributed by atoms with E-state index < -0.39 is 0 Å². The van der Waals surface area contributed by atoms with Crippen molar-refractivity contribution in [1.29, 1.82) is 0 Å². The van der Waals surface area contributed by atoms with E-state index in [1.165, 1.54) is 73.7 Å². The molecule has 0 N–H and O–H groups in total. The largest absolute Gasteiger partial charge is 0.372 e. The summed E-state index contributed by atoms with van der Waals surface area (Å²) in [7, 11) is 0. The van der Waals surface area contributed by atoms with Gasteiger partial charge in [-0.1, -0.05) is 52.4 Å². The molecule has 0 aliphatic heterocycles. The van der Waals surface area contributed by atoms with Crippen LogP contribution in [-0.4, -0.2) is 13.1 Å². The van der Waals surface area contributed by atoms with Crippen LogP contribution in [0.4, 0.5) is 5.69 Å². The molecule has 0 fully saturated rings. The molecule has 0 unspecified atom stereocenters. The Labute approximate surface area is 139 Å². The molecule has 1 aromatic rings. The molecule has 1 nitrogen and oxygen atoms in total. The Balaban J connectivity index is 2.47. The molecule has 0 heterocycles. The zero-order valence-electron chi connectivity index (χ0n) is 13.2. The lowest BCUT2D eigenvalue weighted by atomic mass is 10.1. The molecule has 1 rings (SSSR count). The average molecular weight is 387 g/mol. The summed E-state index contributed by atoms with van der Waals surface area (Å²) in [4.78, 5) is 2.58. The number of halogens is 1. The fourth-order valence-corrected chi connectivity index (χ4v) is 2.84. The summed E-state index contributed by atoms with van der Waals surface area (Å²) in [5.74, 6) is 0. The molecule has 0 aliphatic carbocycles. The van der Waals surface area contributed by atoms with Gasteiger partial charge in [0.2, 0.25) is 0 Å². The van der Waals surface area contributed by atoms with E-state index in [1.54, 1.807) is 0 Å². The molecule has 20 heavy (non-hydrogen) atoms. The van der Waals surface area contributed by atoms with E-state index in [-0.39, 0.29) is 0 Å². The zero-order chi connectivity index (χ0) is 14.6. The number of unbranched alkanes of at least 4 members (excludes halogenated alkanes) is 6. The Bertz CT molecular complexity index is 322. The second kappa shape index (κ2) is 11.4. The lowest BCUT2D eigenvalue weighted by Crippen LogP contribution is -2.25. The summed E-state index contributed by atoms with van der Waals surface area (Å²) in [5, 5.41) is 0. The van der Waals surface area contributed by atoms with E-state index in [0.29, 0.717) is 0 Å². The lowest BCUT2D eigenvalue weighted by molar-refractivity contribution is 0.609. The Morgan fingerprint density at radius 2 is 1.25 bits per heavy atom. The summed E-state index contributed by atoms with van der Waals surface area (Å²) in [6.45, 7) is 6.99. The molecule has 0 spiro atoms. The monoisotopic (exact) mass is 387 g/mol. The summed E-state index contributed by atoms with van der Waals surface area (Å²) in [6.07, 6.45) is 10.8. The summed E-state index contributed by atoms with van der Waals surface area (Å²) < 4.78 is 1.32. The van der Waals surface area contributed by atoms with Crippen molar-refractivity contribution in [3.8, 4) is 0 Å². The molecule has 0 atom stereocenters. The number of nitrogens with zero attached hydrogens (tertiary/aromatic N) is 1. The predicted molar refractivity (Wildman–Crippen MR) is 99.7 cm³/mol. The lowest BCUT2D eigenvalue weighted by Gasteiger charge is -2.25. The second-order valence-corrected chi connectivity index (χ2v) is 6.83. The van der Waals surface area contributed by atoms with Crippen LogP contribution in [-0.2, 0) is 0 Å². The maximum atomic E-state index is 2.58. The molecule has 2 heteroatoms. The molecule has 0 saturated carbocycles. The summed E-state index contributed by atoms with van der Waals surface area (Å²) in [6, 6.07) is 9.00. The number of hydrogen-bond donors (Lipinski definition) is 0. The average Bonchev–Trinajstić information content (AvgIpc) is 2.47. The van der Waals surface area contributed by atoms with E-state index >= 15 is 0 Å². The van der Waals surface area contributed by atoms with Crippen LogP contribution >= 0.6 is 22.6 Å². The molecule has 0 aromatic heterocycles. The van der Waals surface area contributed by atoms with Gasteiger partial charge >= 0.3 is 0 Å². The van der Waals surface area contributed by atoms with E-state index in [9.17, 15) is 0 Å². The topological polar surface area (TPSA) is 3.24 Å². The van der Waals surface area contributed by atoms with Crippen molar-refractivity contribution in [2.45, 2.75) is 65.2 Å². The fourth-order valence-electron chi connectivity index (χ4n) is 2.48. The number of benzene rings is 1. The van der Waals surface area contributed by atoms with Crippen molar-refractivity contribution in [3.63, 3.8) is 0 Å². The van der Waals surface area contributed by atoms with Crippen LogP contribution in [0.15, 0.2) is 24.3 Å². The molecular weight excluding hydrogens is 357 g/mol. The zero-order valence-corrected chi connectivity index (χ0v) is 15.4. The second-order valence-electron chi connectivity index (χ2n) is 5.58. The van der Waals surface area contributed by atoms with E-state index in [0.717, 1.165) is 0 Å². The van der Waals surface area contributed by atoms with E-state index in [4.69, 9.17) is 0 Å². The third-order valence-electron chi connectivity index (χ3n) is 3.75. The number of hydrogen-bond acceptors (Lipinski definition) is 1. The normalized spacial score (nSPS) is 10.8. The van der Waals surface area contributed by atoms with Crippen LogP contribution in [0.3, 0.4) is 0 Å². The maximum absolute atomic E-state index is 2.58. The molecule has 114 valence electrons. The highest BCUT2D eigenvalue weighted by atomic mass is 127. The molecule has 1 aromatic carbocycles. The molecular formula is C18H30IN. The Morgan fingerprint density at radius 3 is 1.70 bits per heavy atom. The van der Waals surface area contributed by atoms with Crippen molar-refractivity contribution < 1.29 is 0 Å². The first kappa shape index (κ1) is 17.8. The van der Waals surface area contributed by atoms with Crippen molar-refractivity contribution in [2.24, 2.45) is 0 Å². The van der Waals surface area contributed by atoms with Gasteiger partial charge in [-0.25, -0.2) is 0 Å². The van der Waals surface area contributed by atoms with Gasteiger partial charge in [-0.2, -0.15) is 0 Å². The third-order valence-corrected chi connectivity index (χ3v) is 4.47. The van der Waals surface area contributed by atoms with Gasteiger partial charge in [-0.05, 0) is 59.7 Å². The Hall–Kier alpha value is -0.250. The van der Waals surface area contributed by atoms with E-state index in [1.807, 2.05) is 0 Å². The number of rotatable bonds is 11. The van der Waals surface area contributed by atoms with Crippen molar-refractivity contribution >= 4 is 28.3 Å². The highest BCUT2D eigenvalue weighted by Crippen LogP contribution is 2.18. The van der Waals surface area contributed by atoms with Gasteiger partial charge in [0.25, 0.3) is 0 Å². The van der Waals surface area contributed by atoms with Crippen LogP contribution in [0, 0.1) is 3.57 Å². The Morgan fingerprint density at radius 1 is 0.750 bits per heavy atom. The van der Waals surface area contributed by atoms with Crippen LogP contribution in [0.1, 0.15) is 65.2 Å². The smallest absolute Gasteiger partial charge is 0.0366 e. The van der Waals surface area contributed by atoms with Crippen LogP contribution in [0.25, 0.3) is 0 Å². The SMILES string of the molecule is CCCCCCN(CCCCCC)c1ccc(I)cc1. The van der Waals surface area contributed by atoms with Crippen molar-refractivity contribution in [3.05, 3.63) is 27.8 Å². The van der Waals surface area contributed by atoms with Crippen molar-refractivity contribution in [2.75, 3.05) is 18.0 Å². The first-order valence-corrected chi connectivity index (χ1v) is 9.36. The van der Waals surface area contributed by atoms with Gasteiger partial charge < -0.3 is 4.90 Å². The van der Waals surface area contributed by atoms with Gasteiger partial charge in [0.1, 0.15) is 0 Å². The minimum Gasteiger partial charge on any atom is -0.372 e. The molecule has 0 saturated heterocycles. The quantitative estimate of drug-likeness (QED) is 0.320. The predicted octanol–water partition coefficient (Wildman–Crippen LogP) is 6.26. The Kier molecular flexibility index (Phi) is 10.2. The van der Waals surface area contributed by atoms with Crippen LogP contribution < -0.4 is 4.90 Å². The maximum Gasteiger partial charge on any atom is 0.0366 e. The summed E-state index contributed by atoms with van der Waals surface area (Å²) in [5.41, 5.74) is 1.40. The van der Waals surface area contributed by atoms with Gasteiger partial charge in [-0.15, -0.1) is 0 Å². The first-order chi connectivity index (χ1) is 9.77. The molecule has 0 amide bonds. The number of anilines is 1. The van der Waals surface area contributed by atoms with Gasteiger partial charge in [-0.3, -0.25) is 0 Å². The van der Waals surface area contributed by atoms with Gasteiger partial charge in [0.15, 0.2) is 0 Å². The summed E-state index contributed by atoms with van der Waals surface area (Å²) >= 11 is 2.38. The van der Waals surface area contributed by atoms with Gasteiger partial charge in [0.05, 0.1) is 0 Å². The standard InChI is InChI=1S/C18H30IN/c1-3-5-7-9-15-20(16-10-8-6-4-2)18-13-11-17(19)12-14-18/h11-14H,3-10,15-16H2,1-2H3. The van der Waals surface area contributed by atoms with Crippen LogP contribution in [0.5, 0.6) is 0 Å². The first-order valence-electron chi connectivity index (χ1n) is 8.28. The molecule has 0 aliphatic rings. The highest BCUT2D eigenvalue weighted by Gasteiger charge is 2.06. The van der Waals surface area contributed by atoms with Crippen LogP contribution in [0.2, 0.25) is 0 Å². The van der Waals surface area contributed by atoms with Gasteiger partial charge in [0, 0.05) is 22.3 Å². The van der Waals surface area contributed by atoms with Crippen molar-refractivity contribution in [1.82, 2.24) is 0 Å². The highest BCUT2D eigenvalue weighted by molar-refractivity contribution is 14.1. The fraction of sp³-hybridized carbons (Fsp3) is 0.667. The molecule has 0 bridgehead atoms. The minimum absolute atomic E-state index is 1.21. The third kappa shape index (κ3) is 7.51. The minimum atomic E-state index is 1.21. The van der Waals surface area contributed by atoms with E-state index in [2.05, 4.69) is 65.6 Å². The molecule has 0 radical (unpaired) electrons.